The van der Waals surface area contributed by atoms with E-state index >= 15 is 0 Å². The van der Waals surface area contributed by atoms with E-state index in [0.29, 0.717) is 29.4 Å². The van der Waals surface area contributed by atoms with Gasteiger partial charge in [0.25, 0.3) is 0 Å². The molecule has 0 unspecified atom stereocenters. The maximum absolute atomic E-state index is 12.5. The van der Waals surface area contributed by atoms with Gasteiger partial charge in [-0.15, -0.1) is 0 Å². The Balaban J connectivity index is 2.01. The first-order valence-electron chi connectivity index (χ1n) is 7.66. The first-order valence-corrected chi connectivity index (χ1v) is 7.66. The number of carboxylic acids is 1. The van der Waals surface area contributed by atoms with Crippen LogP contribution in [0.4, 0.5) is 0 Å². The summed E-state index contributed by atoms with van der Waals surface area (Å²) in [5, 5.41) is 9.06. The third-order valence-corrected chi connectivity index (χ3v) is 3.72. The third kappa shape index (κ3) is 3.06. The van der Waals surface area contributed by atoms with Crippen LogP contribution in [0.15, 0.2) is 42.2 Å². The fourth-order valence-electron chi connectivity index (χ4n) is 2.57. The highest BCUT2D eigenvalue weighted by molar-refractivity contribution is 6.15. The van der Waals surface area contributed by atoms with Crippen LogP contribution in [0.5, 0.6) is 17.2 Å². The summed E-state index contributed by atoms with van der Waals surface area (Å²) >= 11 is 0. The molecule has 0 atom stereocenters. The molecule has 0 aliphatic carbocycles. The molecule has 2 aromatic rings. The van der Waals surface area contributed by atoms with Crippen molar-refractivity contribution in [2.45, 2.75) is 6.92 Å². The number of hydrogen-bond donors (Lipinski definition) is 1. The highest BCUT2D eigenvalue weighted by atomic mass is 16.5. The molecule has 1 aliphatic rings. The standard InChI is InChI=1S/C19H16O6/c1-3-24-18-11(5-4-6-15(18)23-2)10-16-17(20)13-9-12(19(21)22)7-8-14(13)25-16/h4-10H,3H2,1-2H3,(H,21,22). The second kappa shape index (κ2) is 6.68. The average Bonchev–Trinajstić information content (AvgIpc) is 2.92. The van der Waals surface area contributed by atoms with Gasteiger partial charge < -0.3 is 19.3 Å². The van der Waals surface area contributed by atoms with Crippen molar-refractivity contribution in [2.75, 3.05) is 13.7 Å². The van der Waals surface area contributed by atoms with E-state index in [1.54, 1.807) is 24.3 Å². The number of aromatic carboxylic acids is 1. The number of Topliss-reactive ketones (excluding diaryl/α,β-unsaturated/α-hetero) is 1. The molecule has 6 heteroatoms. The number of benzene rings is 2. The van der Waals surface area contributed by atoms with Crippen molar-refractivity contribution in [3.8, 4) is 17.2 Å². The van der Waals surface area contributed by atoms with Crippen molar-refractivity contribution in [1.29, 1.82) is 0 Å². The van der Waals surface area contributed by atoms with E-state index in [-0.39, 0.29) is 22.7 Å². The zero-order chi connectivity index (χ0) is 18.0. The number of hydrogen-bond acceptors (Lipinski definition) is 5. The number of para-hydroxylation sites is 1. The molecule has 1 aliphatic heterocycles. The maximum atomic E-state index is 12.5. The van der Waals surface area contributed by atoms with E-state index in [1.807, 2.05) is 6.92 Å². The van der Waals surface area contributed by atoms with E-state index in [9.17, 15) is 9.59 Å². The Bertz CT molecular complexity index is 881. The lowest BCUT2D eigenvalue weighted by molar-refractivity contribution is 0.0697. The number of methoxy groups -OCH3 is 1. The second-order valence-corrected chi connectivity index (χ2v) is 5.27. The Labute approximate surface area is 144 Å². The first kappa shape index (κ1) is 16.6. The molecular formula is C19H16O6. The van der Waals surface area contributed by atoms with Gasteiger partial charge in [0.05, 0.1) is 24.8 Å². The van der Waals surface area contributed by atoms with Crippen molar-refractivity contribution in [3.05, 3.63) is 58.8 Å². The van der Waals surface area contributed by atoms with Crippen LogP contribution < -0.4 is 14.2 Å². The number of rotatable bonds is 5. The Hall–Kier alpha value is -3.28. The SMILES string of the molecule is CCOc1c(C=C2Oc3ccc(C(=O)O)cc3C2=O)cccc1OC. The van der Waals surface area contributed by atoms with Crippen LogP contribution in [-0.4, -0.2) is 30.6 Å². The zero-order valence-corrected chi connectivity index (χ0v) is 13.7. The number of allylic oxidation sites excluding steroid dienone is 1. The quantitative estimate of drug-likeness (QED) is 0.840. The van der Waals surface area contributed by atoms with Crippen molar-refractivity contribution in [3.63, 3.8) is 0 Å². The lowest BCUT2D eigenvalue weighted by atomic mass is 10.1. The zero-order valence-electron chi connectivity index (χ0n) is 13.7. The fraction of sp³-hybridized carbons (Fsp3) is 0.158. The number of carbonyl (C=O) groups is 2. The van der Waals surface area contributed by atoms with Crippen LogP contribution in [0.2, 0.25) is 0 Å². The molecule has 1 N–H and O–H groups in total. The van der Waals surface area contributed by atoms with E-state index in [1.165, 1.54) is 25.3 Å². The van der Waals surface area contributed by atoms with Gasteiger partial charge >= 0.3 is 5.97 Å². The molecule has 1 heterocycles. The van der Waals surface area contributed by atoms with Crippen molar-refractivity contribution >= 4 is 17.8 Å². The van der Waals surface area contributed by atoms with E-state index in [4.69, 9.17) is 19.3 Å². The largest absolute Gasteiger partial charge is 0.493 e. The molecule has 2 aromatic carbocycles. The Morgan fingerprint density at radius 2 is 2.08 bits per heavy atom. The smallest absolute Gasteiger partial charge is 0.335 e. The van der Waals surface area contributed by atoms with Crippen LogP contribution in [0, 0.1) is 0 Å². The molecule has 0 bridgehead atoms. The van der Waals surface area contributed by atoms with Gasteiger partial charge in [0.1, 0.15) is 5.75 Å². The molecule has 0 spiro atoms. The molecule has 0 amide bonds. The number of carbonyl (C=O) groups excluding carboxylic acids is 1. The van der Waals surface area contributed by atoms with E-state index in [2.05, 4.69) is 0 Å². The van der Waals surface area contributed by atoms with Crippen molar-refractivity contribution in [1.82, 2.24) is 0 Å². The lowest BCUT2D eigenvalue weighted by Crippen LogP contribution is -2.02. The molecule has 25 heavy (non-hydrogen) atoms. The summed E-state index contributed by atoms with van der Waals surface area (Å²) in [4.78, 5) is 23.6. The second-order valence-electron chi connectivity index (χ2n) is 5.27. The van der Waals surface area contributed by atoms with Gasteiger partial charge in [-0.3, -0.25) is 4.79 Å². The number of fused-ring (bicyclic) bond motifs is 1. The van der Waals surface area contributed by atoms with Crippen LogP contribution >= 0.6 is 0 Å². The first-order chi connectivity index (χ1) is 12.0. The topological polar surface area (TPSA) is 82.1 Å². The van der Waals surface area contributed by atoms with Gasteiger partial charge in [-0.1, -0.05) is 12.1 Å². The summed E-state index contributed by atoms with van der Waals surface area (Å²) in [6, 6.07) is 9.51. The number of carboxylic acid groups (broad SMARTS) is 1. The highest BCUT2D eigenvalue weighted by Crippen LogP contribution is 2.36. The minimum Gasteiger partial charge on any atom is -0.493 e. The van der Waals surface area contributed by atoms with Gasteiger partial charge in [0.2, 0.25) is 5.78 Å². The summed E-state index contributed by atoms with van der Waals surface area (Å²) in [6.07, 6.45) is 1.57. The van der Waals surface area contributed by atoms with Crippen LogP contribution in [0.1, 0.15) is 33.2 Å². The fourth-order valence-corrected chi connectivity index (χ4v) is 2.57. The summed E-state index contributed by atoms with van der Waals surface area (Å²) in [5.74, 6) is 0.0302. The average molecular weight is 340 g/mol. The molecular weight excluding hydrogens is 324 g/mol. The lowest BCUT2D eigenvalue weighted by Gasteiger charge is -2.12. The van der Waals surface area contributed by atoms with Crippen molar-refractivity contribution < 1.29 is 28.9 Å². The molecule has 3 rings (SSSR count). The Kier molecular flexibility index (Phi) is 4.43. The van der Waals surface area contributed by atoms with Gasteiger partial charge in [0.15, 0.2) is 17.3 Å². The molecule has 0 saturated heterocycles. The molecule has 6 nitrogen and oxygen atoms in total. The third-order valence-electron chi connectivity index (χ3n) is 3.72. The predicted octanol–water partition coefficient (Wildman–Crippen LogP) is 3.41. The number of ketones is 1. The normalized spacial score (nSPS) is 14.2. The predicted molar refractivity (Wildman–Crippen MR) is 90.5 cm³/mol. The minimum atomic E-state index is -1.10. The van der Waals surface area contributed by atoms with Crippen LogP contribution in [0.3, 0.4) is 0 Å². The summed E-state index contributed by atoms with van der Waals surface area (Å²) in [5.41, 5.74) is 0.899. The Morgan fingerprint density at radius 3 is 2.76 bits per heavy atom. The van der Waals surface area contributed by atoms with Gasteiger partial charge in [0, 0.05) is 5.56 Å². The summed E-state index contributed by atoms with van der Waals surface area (Å²) in [6.45, 7) is 2.29. The Morgan fingerprint density at radius 1 is 1.28 bits per heavy atom. The summed E-state index contributed by atoms with van der Waals surface area (Å²) in [7, 11) is 1.54. The van der Waals surface area contributed by atoms with Crippen LogP contribution in [-0.2, 0) is 0 Å². The monoisotopic (exact) mass is 340 g/mol. The highest BCUT2D eigenvalue weighted by Gasteiger charge is 2.28. The van der Waals surface area contributed by atoms with Gasteiger partial charge in [-0.25, -0.2) is 4.79 Å². The van der Waals surface area contributed by atoms with E-state index in [0.717, 1.165) is 0 Å². The summed E-state index contributed by atoms with van der Waals surface area (Å²) < 4.78 is 16.5. The molecule has 0 radical (unpaired) electrons. The molecule has 0 saturated carbocycles. The van der Waals surface area contributed by atoms with E-state index < -0.39 is 5.97 Å². The van der Waals surface area contributed by atoms with Crippen LogP contribution in [0.25, 0.3) is 6.08 Å². The molecule has 0 aromatic heterocycles. The van der Waals surface area contributed by atoms with Crippen molar-refractivity contribution in [2.24, 2.45) is 0 Å². The van der Waals surface area contributed by atoms with Gasteiger partial charge in [-0.05, 0) is 37.3 Å². The maximum Gasteiger partial charge on any atom is 0.335 e. The minimum absolute atomic E-state index is 0.0355. The molecule has 0 fully saturated rings. The molecule has 128 valence electrons. The van der Waals surface area contributed by atoms with Gasteiger partial charge in [-0.2, -0.15) is 0 Å². The number of ether oxygens (including phenoxy) is 3.